The summed E-state index contributed by atoms with van der Waals surface area (Å²) in [4.78, 5) is 59.1. The number of carbonyl (C=O) groups is 3. The lowest BCUT2D eigenvalue weighted by Crippen LogP contribution is -2.30. The summed E-state index contributed by atoms with van der Waals surface area (Å²) in [6, 6.07) is 0. The van der Waals surface area contributed by atoms with Crippen LogP contribution in [0.3, 0.4) is 0 Å². The fraction of sp³-hybridized carbons (Fsp3) is 0.673. The molecule has 0 aromatic heterocycles. The number of phosphoric ester groups is 2. The summed E-state index contributed by atoms with van der Waals surface area (Å²) in [7, 11) is -9.82. The van der Waals surface area contributed by atoms with Gasteiger partial charge in [-0.05, 0) is 161 Å². The Balaban J connectivity index is 4.68. The van der Waals surface area contributed by atoms with E-state index in [0.29, 0.717) is 19.3 Å². The highest BCUT2D eigenvalue weighted by molar-refractivity contribution is 7.47. The SMILES string of the molecule is CC/C=C\C/C=C\C/C=C\C/C=C\C/C=C\C/C=C\CCCCCCCCCCC(=O)OCC(COP(=O)(O)OCC(O)COP(=O)(O)OCC(O)COC(=O)CCCCCCCCCCCCCCC/C=C\C/C=C\C/C=C\C/C=C\C/C=C\CC)OC(=O)CCCCCCCCCCCCC/C=C\C/C=C\C/C=C\C/C=C\CCCCC. The Bertz CT molecular complexity index is 2890. The molecule has 0 spiro atoms. The molecule has 0 amide bonds. The minimum atomic E-state index is -4.95. The molecule has 4 N–H and O–H groups in total. The lowest BCUT2D eigenvalue weighted by atomic mass is 10.0. The maximum Gasteiger partial charge on any atom is 0.472 e. The highest BCUT2D eigenvalue weighted by Gasteiger charge is 2.29. The van der Waals surface area contributed by atoms with Gasteiger partial charge < -0.3 is 34.2 Å². The normalized spacial score (nSPS) is 14.6. The molecule has 680 valence electrons. The summed E-state index contributed by atoms with van der Waals surface area (Å²) < 4.78 is 61.6. The van der Waals surface area contributed by atoms with Gasteiger partial charge in [-0.25, -0.2) is 9.13 Å². The quantitative estimate of drug-likeness (QED) is 0.0146. The van der Waals surface area contributed by atoms with Gasteiger partial charge in [0.2, 0.25) is 0 Å². The minimum absolute atomic E-state index is 0.0933. The summed E-state index contributed by atoms with van der Waals surface area (Å²) in [5.74, 6) is -1.58. The topological polar surface area (TPSA) is 231 Å². The first-order valence-electron chi connectivity index (χ1n) is 47.1. The van der Waals surface area contributed by atoms with Crippen LogP contribution in [0.1, 0.15) is 380 Å². The van der Waals surface area contributed by atoms with Crippen LogP contribution >= 0.6 is 15.6 Å². The van der Waals surface area contributed by atoms with Gasteiger partial charge in [0.25, 0.3) is 0 Å². The molecule has 18 heteroatoms. The first-order chi connectivity index (χ1) is 58.2. The van der Waals surface area contributed by atoms with Gasteiger partial charge in [-0.3, -0.25) is 32.5 Å². The molecular weight excluding hydrogens is 1530 g/mol. The third kappa shape index (κ3) is 93.2. The smallest absolute Gasteiger partial charge is 0.463 e. The fourth-order valence-corrected chi connectivity index (χ4v) is 14.1. The standard InChI is InChI=1S/C101H170O16P2/c1-4-7-10-13-16-19-22-25-28-31-34-37-40-43-46-47-50-52-54-57-60-63-66-69-72-75-78-81-84-87-99(104)111-90-96(102)91-113-118(107,108)114-92-97(103)93-115-119(109,110)116-95-98(117-101(106)89-86-83-80-77-74-71-68-65-62-59-56-53-49-45-42-39-36-33-30-27-24-21-18-15-12-9-6-3)94-112-100(105)88-85-82-79-76-73-70-67-64-61-58-55-51-48-44-41-38-35-32-29-26-23-20-17-14-11-8-5-2/h7-8,10-11,16-21,25-30,34-39,43-46,48-49,55,58,96-98,102-103H,4-6,9,12-15,22-24,31-33,40-42,47,50-54,56-57,59-95H2,1-3H3,(H,107,108)(H,109,110)/b10-7-,11-8-,19-16-,20-17-,21-18-,28-25-,29-26-,30-27-,37-34-,38-35-,39-36-,46-43-,48-44-,49-45-,58-55-. The Labute approximate surface area is 725 Å². The van der Waals surface area contributed by atoms with Crippen molar-refractivity contribution < 1.29 is 75.8 Å². The molecule has 0 aromatic rings. The molecule has 16 nitrogen and oxygen atoms in total. The van der Waals surface area contributed by atoms with E-state index in [2.05, 4.69) is 203 Å². The van der Waals surface area contributed by atoms with Crippen LogP contribution in [0.25, 0.3) is 0 Å². The summed E-state index contributed by atoms with van der Waals surface area (Å²) in [6.45, 7) is 2.45. The van der Waals surface area contributed by atoms with Crippen LogP contribution in [0.2, 0.25) is 0 Å². The molecule has 0 heterocycles. The first-order valence-corrected chi connectivity index (χ1v) is 50.1. The third-order valence-corrected chi connectivity index (χ3v) is 21.5. The Morgan fingerprint density at radius 3 is 0.706 bits per heavy atom. The summed E-state index contributed by atoms with van der Waals surface area (Å²) >= 11 is 0. The number of unbranched alkanes of at least 4 members (excludes halogenated alkanes) is 35. The van der Waals surface area contributed by atoms with Crippen molar-refractivity contribution in [3.05, 3.63) is 182 Å². The first kappa shape index (κ1) is 114. The van der Waals surface area contributed by atoms with Crippen molar-refractivity contribution in [3.63, 3.8) is 0 Å². The van der Waals surface area contributed by atoms with E-state index >= 15 is 0 Å². The second kappa shape index (κ2) is 91.8. The summed E-state index contributed by atoms with van der Waals surface area (Å²) in [5.41, 5.74) is 0. The van der Waals surface area contributed by atoms with Crippen molar-refractivity contribution in [3.8, 4) is 0 Å². The lowest BCUT2D eigenvalue weighted by molar-refractivity contribution is -0.161. The number of carbonyl (C=O) groups excluding carboxylic acids is 3. The molecular formula is C101H170O16P2. The van der Waals surface area contributed by atoms with E-state index in [4.69, 9.17) is 32.3 Å². The Morgan fingerprint density at radius 2 is 0.445 bits per heavy atom. The van der Waals surface area contributed by atoms with E-state index in [0.717, 1.165) is 186 Å². The van der Waals surface area contributed by atoms with Crippen molar-refractivity contribution in [2.75, 3.05) is 39.6 Å². The van der Waals surface area contributed by atoms with Crippen molar-refractivity contribution in [1.82, 2.24) is 0 Å². The molecule has 5 atom stereocenters. The molecule has 0 aliphatic rings. The number of esters is 3. The maximum absolute atomic E-state index is 13.1. The molecule has 0 fully saturated rings. The van der Waals surface area contributed by atoms with Gasteiger partial charge in [0.05, 0.1) is 26.4 Å². The van der Waals surface area contributed by atoms with Gasteiger partial charge in [-0.2, -0.15) is 0 Å². The molecule has 0 aromatic carbocycles. The highest BCUT2D eigenvalue weighted by Crippen LogP contribution is 2.45. The van der Waals surface area contributed by atoms with Gasteiger partial charge in [0, 0.05) is 19.3 Å². The zero-order valence-electron chi connectivity index (χ0n) is 75.0. The average molecular weight is 1700 g/mol. The van der Waals surface area contributed by atoms with Gasteiger partial charge in [-0.1, -0.05) is 383 Å². The van der Waals surface area contributed by atoms with E-state index in [-0.39, 0.29) is 19.3 Å². The predicted molar refractivity (Wildman–Crippen MR) is 500 cm³/mol. The zero-order valence-corrected chi connectivity index (χ0v) is 76.8. The Kier molecular flexibility index (Phi) is 87.7. The maximum atomic E-state index is 13.1. The average Bonchev–Trinajstić information content (AvgIpc) is 0.903. The molecule has 0 radical (unpaired) electrons. The van der Waals surface area contributed by atoms with Crippen LogP contribution in [0.15, 0.2) is 182 Å². The van der Waals surface area contributed by atoms with Crippen LogP contribution in [0.5, 0.6) is 0 Å². The Morgan fingerprint density at radius 1 is 0.244 bits per heavy atom. The van der Waals surface area contributed by atoms with E-state index in [1.807, 2.05) is 0 Å². The summed E-state index contributed by atoms with van der Waals surface area (Å²) in [6.07, 6.45) is 121. The zero-order chi connectivity index (χ0) is 86.5. The minimum Gasteiger partial charge on any atom is -0.463 e. The van der Waals surface area contributed by atoms with Crippen molar-refractivity contribution in [2.45, 2.75) is 399 Å². The summed E-state index contributed by atoms with van der Waals surface area (Å²) in [5, 5.41) is 20.8. The second-order valence-electron chi connectivity index (χ2n) is 31.0. The molecule has 5 unspecified atom stereocenters. The number of aliphatic hydroxyl groups excluding tert-OH is 2. The second-order valence-corrected chi connectivity index (χ2v) is 34.0. The van der Waals surface area contributed by atoms with Gasteiger partial charge in [0.15, 0.2) is 6.10 Å². The Hall–Kier alpha value is -5.35. The molecule has 119 heavy (non-hydrogen) atoms. The van der Waals surface area contributed by atoms with Crippen LogP contribution < -0.4 is 0 Å². The number of ether oxygens (including phenoxy) is 3. The molecule has 0 aliphatic carbocycles. The van der Waals surface area contributed by atoms with Gasteiger partial charge >= 0.3 is 33.6 Å². The molecule has 0 saturated heterocycles. The number of phosphoric acid groups is 2. The predicted octanol–water partition coefficient (Wildman–Crippen LogP) is 29.2. The van der Waals surface area contributed by atoms with Gasteiger partial charge in [-0.15, -0.1) is 0 Å². The number of allylic oxidation sites excluding steroid dienone is 30. The van der Waals surface area contributed by atoms with Crippen molar-refractivity contribution >= 4 is 33.6 Å². The number of rotatable bonds is 88. The van der Waals surface area contributed by atoms with Gasteiger partial charge in [0.1, 0.15) is 25.4 Å². The van der Waals surface area contributed by atoms with E-state index in [1.54, 1.807) is 0 Å². The van der Waals surface area contributed by atoms with Crippen LogP contribution in [0, 0.1) is 0 Å². The molecule has 0 bridgehead atoms. The molecule has 0 saturated carbocycles. The molecule has 0 rings (SSSR count). The highest BCUT2D eigenvalue weighted by atomic mass is 31.2. The van der Waals surface area contributed by atoms with Crippen LogP contribution in [0.4, 0.5) is 0 Å². The van der Waals surface area contributed by atoms with Crippen molar-refractivity contribution in [2.24, 2.45) is 0 Å². The van der Waals surface area contributed by atoms with E-state index in [9.17, 15) is 43.5 Å². The number of hydrogen-bond acceptors (Lipinski definition) is 14. The number of hydrogen-bond donors (Lipinski definition) is 4. The van der Waals surface area contributed by atoms with E-state index in [1.165, 1.54) is 135 Å². The van der Waals surface area contributed by atoms with Crippen LogP contribution in [-0.4, -0.2) is 95.9 Å². The largest absolute Gasteiger partial charge is 0.472 e. The van der Waals surface area contributed by atoms with Crippen molar-refractivity contribution in [1.29, 1.82) is 0 Å². The monoisotopic (exact) mass is 1700 g/mol. The van der Waals surface area contributed by atoms with Crippen LogP contribution in [-0.2, 0) is 55.8 Å². The number of aliphatic hydroxyl groups is 2. The lowest BCUT2D eigenvalue weighted by Gasteiger charge is -2.21. The molecule has 0 aliphatic heterocycles. The van der Waals surface area contributed by atoms with E-state index < -0.39 is 91.5 Å². The fourth-order valence-electron chi connectivity index (χ4n) is 12.5. The third-order valence-electron chi connectivity index (χ3n) is 19.6.